The molecule has 4 aromatic heterocycles. The number of pyridine rings is 1. The van der Waals surface area contributed by atoms with Gasteiger partial charge in [-0.25, -0.2) is 14.6 Å². The van der Waals surface area contributed by atoms with Crippen molar-refractivity contribution < 1.29 is 4.79 Å². The molecule has 2 aromatic carbocycles. The van der Waals surface area contributed by atoms with Gasteiger partial charge in [-0.15, -0.1) is 0 Å². The maximum atomic E-state index is 13.5. The van der Waals surface area contributed by atoms with Crippen LogP contribution in [0.15, 0.2) is 79.1 Å². The molecule has 1 amide bonds. The number of hydrogen-bond donors (Lipinski definition) is 1. The molecule has 33 heavy (non-hydrogen) atoms. The standard InChI is InChI=1S/C26H20N6O/c1-16-20(15-28-32(16)23-13-7-8-14-27-23)26(33)30-24-19-10-4-6-12-22(19)31-17(2)29-21-11-5-3-9-18(21)25(24)31/h3-15H,1-2H3,(H,30,33). The number of amides is 1. The molecular formula is C26H20N6O. The number of rotatable bonds is 3. The van der Waals surface area contributed by atoms with E-state index in [4.69, 9.17) is 4.98 Å². The average Bonchev–Trinajstić information content (AvgIpc) is 3.39. The number of nitrogens with zero attached hydrogens (tertiary/aromatic N) is 5. The Bertz CT molecular complexity index is 1680. The van der Waals surface area contributed by atoms with Crippen molar-refractivity contribution in [2.24, 2.45) is 0 Å². The number of nitrogens with one attached hydrogen (secondary N) is 1. The van der Waals surface area contributed by atoms with E-state index >= 15 is 0 Å². The second-order valence-electron chi connectivity index (χ2n) is 7.95. The summed E-state index contributed by atoms with van der Waals surface area (Å²) < 4.78 is 3.78. The predicted octanol–water partition coefficient (Wildman–Crippen LogP) is 5.09. The largest absolute Gasteiger partial charge is 0.319 e. The Kier molecular flexibility index (Phi) is 4.23. The first-order valence-electron chi connectivity index (χ1n) is 10.7. The first-order chi connectivity index (χ1) is 16.1. The number of carbonyl (C=O) groups excluding carboxylic acids is 1. The maximum absolute atomic E-state index is 13.5. The van der Waals surface area contributed by atoms with E-state index in [1.807, 2.05) is 80.6 Å². The maximum Gasteiger partial charge on any atom is 0.259 e. The Hall–Kier alpha value is -4.52. The molecule has 0 atom stereocenters. The first kappa shape index (κ1) is 19.2. The summed E-state index contributed by atoms with van der Waals surface area (Å²) in [5.41, 5.74) is 4.81. The lowest BCUT2D eigenvalue weighted by atomic mass is 10.1. The van der Waals surface area contributed by atoms with E-state index in [0.717, 1.165) is 44.5 Å². The lowest BCUT2D eigenvalue weighted by Gasteiger charge is -2.09. The molecule has 160 valence electrons. The van der Waals surface area contributed by atoms with Crippen LogP contribution in [0.3, 0.4) is 0 Å². The third-order valence-corrected chi connectivity index (χ3v) is 6.00. The van der Waals surface area contributed by atoms with Crippen molar-refractivity contribution in [1.29, 1.82) is 0 Å². The highest BCUT2D eigenvalue weighted by Gasteiger charge is 2.21. The molecule has 0 aliphatic carbocycles. The first-order valence-corrected chi connectivity index (χ1v) is 10.7. The molecule has 0 aliphatic heterocycles. The highest BCUT2D eigenvalue weighted by Crippen LogP contribution is 2.36. The molecule has 4 heterocycles. The van der Waals surface area contributed by atoms with Crippen LogP contribution < -0.4 is 5.32 Å². The SMILES string of the molecule is Cc1c(C(=O)Nc2c3ccccc3n3c(C)nc4ccccc4c23)cnn1-c1ccccn1. The quantitative estimate of drug-likeness (QED) is 0.423. The number of anilines is 1. The highest BCUT2D eigenvalue weighted by molar-refractivity contribution is 6.18. The zero-order valence-corrected chi connectivity index (χ0v) is 18.1. The van der Waals surface area contributed by atoms with Crippen LogP contribution >= 0.6 is 0 Å². The van der Waals surface area contributed by atoms with Crippen molar-refractivity contribution in [2.45, 2.75) is 13.8 Å². The molecule has 0 fully saturated rings. The molecule has 7 nitrogen and oxygen atoms in total. The van der Waals surface area contributed by atoms with E-state index in [2.05, 4.69) is 19.8 Å². The van der Waals surface area contributed by atoms with Gasteiger partial charge < -0.3 is 5.32 Å². The molecule has 0 saturated carbocycles. The molecule has 1 N–H and O–H groups in total. The van der Waals surface area contributed by atoms with Crippen molar-refractivity contribution in [3.8, 4) is 5.82 Å². The lowest BCUT2D eigenvalue weighted by Crippen LogP contribution is -2.13. The summed E-state index contributed by atoms with van der Waals surface area (Å²) in [6, 6.07) is 21.6. The van der Waals surface area contributed by atoms with Crippen LogP contribution in [-0.4, -0.2) is 30.1 Å². The summed E-state index contributed by atoms with van der Waals surface area (Å²) in [6.07, 6.45) is 3.29. The molecule has 0 bridgehead atoms. The Morgan fingerprint density at radius 1 is 0.909 bits per heavy atom. The van der Waals surface area contributed by atoms with Crippen LogP contribution in [-0.2, 0) is 0 Å². The molecule has 0 unspecified atom stereocenters. The van der Waals surface area contributed by atoms with Crippen molar-refractivity contribution in [3.05, 3.63) is 96.2 Å². The highest BCUT2D eigenvalue weighted by atomic mass is 16.1. The van der Waals surface area contributed by atoms with Crippen LogP contribution in [0, 0.1) is 13.8 Å². The second kappa shape index (κ2) is 7.27. The van der Waals surface area contributed by atoms with E-state index in [9.17, 15) is 4.79 Å². The van der Waals surface area contributed by atoms with Gasteiger partial charge in [0.2, 0.25) is 0 Å². The zero-order chi connectivity index (χ0) is 22.5. The monoisotopic (exact) mass is 432 g/mol. The number of carbonyl (C=O) groups is 1. The van der Waals surface area contributed by atoms with Crippen LogP contribution in [0.4, 0.5) is 5.69 Å². The minimum Gasteiger partial charge on any atom is -0.319 e. The average molecular weight is 432 g/mol. The molecule has 6 rings (SSSR count). The third kappa shape index (κ3) is 2.90. The Balaban J connectivity index is 1.54. The van der Waals surface area contributed by atoms with Crippen molar-refractivity contribution >= 4 is 38.9 Å². The fourth-order valence-corrected chi connectivity index (χ4v) is 4.48. The number of aromatic nitrogens is 5. The van der Waals surface area contributed by atoms with Gasteiger partial charge in [0.1, 0.15) is 5.82 Å². The third-order valence-electron chi connectivity index (χ3n) is 6.00. The second-order valence-corrected chi connectivity index (χ2v) is 7.95. The molecule has 0 saturated heterocycles. The van der Waals surface area contributed by atoms with Crippen LogP contribution in [0.25, 0.3) is 33.1 Å². The molecular weight excluding hydrogens is 412 g/mol. The summed E-state index contributed by atoms with van der Waals surface area (Å²) in [5.74, 6) is 1.31. The van der Waals surface area contributed by atoms with Crippen molar-refractivity contribution in [3.63, 3.8) is 0 Å². The van der Waals surface area contributed by atoms with E-state index in [1.54, 1.807) is 17.1 Å². The molecule has 0 spiro atoms. The topological polar surface area (TPSA) is 77.1 Å². The van der Waals surface area contributed by atoms with E-state index in [1.165, 1.54) is 0 Å². The number of para-hydroxylation sites is 2. The predicted molar refractivity (Wildman–Crippen MR) is 129 cm³/mol. The van der Waals surface area contributed by atoms with Crippen LogP contribution in [0.2, 0.25) is 0 Å². The van der Waals surface area contributed by atoms with Gasteiger partial charge in [-0.3, -0.25) is 9.20 Å². The van der Waals surface area contributed by atoms with Gasteiger partial charge in [-0.2, -0.15) is 5.10 Å². The summed E-state index contributed by atoms with van der Waals surface area (Å²) in [4.78, 5) is 22.6. The molecule has 6 aromatic rings. The summed E-state index contributed by atoms with van der Waals surface area (Å²) in [6.45, 7) is 3.86. The van der Waals surface area contributed by atoms with Crippen LogP contribution in [0.1, 0.15) is 21.9 Å². The van der Waals surface area contributed by atoms with Gasteiger partial charge in [0.15, 0.2) is 5.82 Å². The van der Waals surface area contributed by atoms with Crippen molar-refractivity contribution in [2.75, 3.05) is 5.32 Å². The Morgan fingerprint density at radius 3 is 2.48 bits per heavy atom. The van der Waals surface area contributed by atoms with Crippen molar-refractivity contribution in [1.82, 2.24) is 24.1 Å². The van der Waals surface area contributed by atoms with E-state index in [0.29, 0.717) is 11.4 Å². The number of aryl methyl sites for hydroxylation is 1. The molecule has 7 heteroatoms. The van der Waals surface area contributed by atoms with Gasteiger partial charge in [0.05, 0.1) is 39.7 Å². The van der Waals surface area contributed by atoms with Crippen LogP contribution in [0.5, 0.6) is 0 Å². The van der Waals surface area contributed by atoms with E-state index < -0.39 is 0 Å². The van der Waals surface area contributed by atoms with Gasteiger partial charge in [0, 0.05) is 17.0 Å². The van der Waals surface area contributed by atoms with E-state index in [-0.39, 0.29) is 5.91 Å². The fraction of sp³-hybridized carbons (Fsp3) is 0.0769. The number of hydrogen-bond acceptors (Lipinski definition) is 4. The summed E-state index contributed by atoms with van der Waals surface area (Å²) in [7, 11) is 0. The minimum absolute atomic E-state index is 0.216. The molecule has 0 aliphatic rings. The number of fused-ring (bicyclic) bond motifs is 5. The Morgan fingerprint density at radius 2 is 1.67 bits per heavy atom. The van der Waals surface area contributed by atoms with Gasteiger partial charge in [0.25, 0.3) is 5.91 Å². The smallest absolute Gasteiger partial charge is 0.259 e. The fourth-order valence-electron chi connectivity index (χ4n) is 4.48. The zero-order valence-electron chi connectivity index (χ0n) is 18.1. The Labute approximate surface area is 189 Å². The lowest BCUT2D eigenvalue weighted by molar-refractivity contribution is 0.102. The minimum atomic E-state index is -0.216. The van der Waals surface area contributed by atoms with Gasteiger partial charge in [-0.1, -0.05) is 42.5 Å². The molecule has 0 radical (unpaired) electrons. The van der Waals surface area contributed by atoms with Gasteiger partial charge in [-0.05, 0) is 38.1 Å². The number of benzene rings is 2. The summed E-state index contributed by atoms with van der Waals surface area (Å²) in [5, 5.41) is 9.53. The normalized spacial score (nSPS) is 11.5. The van der Waals surface area contributed by atoms with Gasteiger partial charge >= 0.3 is 0 Å². The summed E-state index contributed by atoms with van der Waals surface area (Å²) >= 11 is 0.